The molecule has 0 unspecified atom stereocenters. The molecule has 0 amide bonds. The molecule has 166 valence electrons. The van der Waals surface area contributed by atoms with E-state index in [4.69, 9.17) is 0 Å². The van der Waals surface area contributed by atoms with Crippen molar-refractivity contribution in [3.8, 4) is 22.3 Å². The molecule has 0 atom stereocenters. The van der Waals surface area contributed by atoms with Crippen molar-refractivity contribution < 1.29 is 0 Å². The van der Waals surface area contributed by atoms with Crippen molar-refractivity contribution in [2.75, 3.05) is 0 Å². The number of hydrogen-bond donors (Lipinski definition) is 1. The van der Waals surface area contributed by atoms with E-state index in [0.29, 0.717) is 0 Å². The molecule has 1 heteroatoms. The van der Waals surface area contributed by atoms with Crippen LogP contribution in [0.4, 0.5) is 0 Å². The second kappa shape index (κ2) is 6.33. The Morgan fingerprint density at radius 3 is 1.61 bits per heavy atom. The first-order chi connectivity index (χ1) is 17.9. The molecule has 1 N–H and O–H groups in total. The molecule has 2 aliphatic rings. The third kappa shape index (κ3) is 1.98. The third-order valence-electron chi connectivity index (χ3n) is 8.62. The van der Waals surface area contributed by atoms with Gasteiger partial charge in [0.25, 0.3) is 0 Å². The first-order valence-corrected chi connectivity index (χ1v) is 12.6. The van der Waals surface area contributed by atoms with Gasteiger partial charge in [0, 0.05) is 21.7 Å². The number of H-pyrrole nitrogens is 1. The van der Waals surface area contributed by atoms with Crippen LogP contribution in [0.1, 0.15) is 22.3 Å². The van der Waals surface area contributed by atoms with Gasteiger partial charge in [-0.1, -0.05) is 121 Å². The number of benzene rings is 6. The summed E-state index contributed by atoms with van der Waals surface area (Å²) < 4.78 is 0. The summed E-state index contributed by atoms with van der Waals surface area (Å²) >= 11 is 0. The Morgan fingerprint density at radius 1 is 0.389 bits per heavy atom. The predicted octanol–water partition coefficient (Wildman–Crippen LogP) is 8.82. The van der Waals surface area contributed by atoms with Gasteiger partial charge in [0.1, 0.15) is 0 Å². The fourth-order valence-electron chi connectivity index (χ4n) is 7.30. The first kappa shape index (κ1) is 18.7. The molecule has 0 radical (unpaired) electrons. The van der Waals surface area contributed by atoms with Gasteiger partial charge in [-0.2, -0.15) is 0 Å². The zero-order valence-electron chi connectivity index (χ0n) is 19.5. The highest BCUT2D eigenvalue weighted by Gasteiger charge is 2.52. The lowest BCUT2D eigenvalue weighted by Gasteiger charge is -2.30. The summed E-state index contributed by atoms with van der Waals surface area (Å²) in [5.74, 6) is 0. The normalized spacial score (nSPS) is 14.3. The second-order valence-electron chi connectivity index (χ2n) is 10.1. The Hall–Kier alpha value is -4.62. The van der Waals surface area contributed by atoms with E-state index in [9.17, 15) is 0 Å². The summed E-state index contributed by atoms with van der Waals surface area (Å²) in [6, 6.07) is 45.0. The zero-order chi connectivity index (χ0) is 23.4. The lowest BCUT2D eigenvalue weighted by Crippen LogP contribution is -2.26. The summed E-state index contributed by atoms with van der Waals surface area (Å²) in [6.45, 7) is 0. The lowest BCUT2D eigenvalue weighted by molar-refractivity contribution is 0.799. The van der Waals surface area contributed by atoms with E-state index in [1.807, 2.05) is 0 Å². The Kier molecular flexibility index (Phi) is 3.28. The molecular weight excluding hydrogens is 434 g/mol. The Bertz CT molecular complexity index is 1990. The lowest BCUT2D eigenvalue weighted by atomic mass is 9.70. The van der Waals surface area contributed by atoms with Crippen LogP contribution in [-0.4, -0.2) is 4.98 Å². The topological polar surface area (TPSA) is 15.8 Å². The number of fused-ring (bicyclic) bond motifs is 16. The van der Waals surface area contributed by atoms with Gasteiger partial charge in [-0.3, -0.25) is 0 Å². The number of nitrogens with one attached hydrogen (secondary N) is 1. The molecule has 6 aromatic carbocycles. The van der Waals surface area contributed by atoms with Crippen LogP contribution < -0.4 is 0 Å². The Morgan fingerprint density at radius 2 is 0.917 bits per heavy atom. The van der Waals surface area contributed by atoms with Crippen LogP contribution >= 0.6 is 0 Å². The molecule has 2 aliphatic carbocycles. The molecule has 1 aromatic heterocycles. The summed E-state index contributed by atoms with van der Waals surface area (Å²) in [5.41, 5.74) is 13.0. The summed E-state index contributed by atoms with van der Waals surface area (Å²) in [5, 5.41) is 5.13. The van der Waals surface area contributed by atoms with E-state index in [2.05, 4.69) is 126 Å². The number of rotatable bonds is 0. The largest absolute Gasteiger partial charge is 0.354 e. The van der Waals surface area contributed by atoms with Crippen molar-refractivity contribution in [3.05, 3.63) is 144 Å². The monoisotopic (exact) mass is 455 g/mol. The van der Waals surface area contributed by atoms with Gasteiger partial charge < -0.3 is 4.98 Å². The Balaban J connectivity index is 1.54. The van der Waals surface area contributed by atoms with Crippen LogP contribution in [-0.2, 0) is 5.41 Å². The van der Waals surface area contributed by atoms with Crippen molar-refractivity contribution in [2.45, 2.75) is 5.41 Å². The van der Waals surface area contributed by atoms with Gasteiger partial charge in [-0.25, -0.2) is 0 Å². The van der Waals surface area contributed by atoms with Crippen LogP contribution in [0.15, 0.2) is 121 Å². The molecule has 7 aromatic rings. The van der Waals surface area contributed by atoms with E-state index >= 15 is 0 Å². The van der Waals surface area contributed by atoms with Gasteiger partial charge in [-0.05, 0) is 44.3 Å². The molecule has 9 rings (SSSR count). The highest BCUT2D eigenvalue weighted by molar-refractivity contribution is 6.19. The van der Waals surface area contributed by atoms with Crippen LogP contribution in [0, 0.1) is 0 Å². The summed E-state index contributed by atoms with van der Waals surface area (Å²) in [7, 11) is 0. The van der Waals surface area contributed by atoms with Crippen molar-refractivity contribution in [3.63, 3.8) is 0 Å². The minimum absolute atomic E-state index is 0.338. The molecular formula is C35H21N. The standard InChI is InChI=1S/C35H21N/c1-2-10-22-21(9-1)17-18-27-28-20-19-26-25-13-5-8-16-31(25)35(32(26)34(28)36-33(22)27)29-14-6-3-11-23(29)24-12-4-7-15-30(24)35/h1-20,36H. The number of hydrogen-bond acceptors (Lipinski definition) is 0. The van der Waals surface area contributed by atoms with Crippen LogP contribution in [0.3, 0.4) is 0 Å². The van der Waals surface area contributed by atoms with E-state index in [1.165, 1.54) is 77.1 Å². The number of aromatic amines is 1. The van der Waals surface area contributed by atoms with Crippen molar-refractivity contribution >= 4 is 32.6 Å². The first-order valence-electron chi connectivity index (χ1n) is 12.6. The van der Waals surface area contributed by atoms with Gasteiger partial charge in [-0.15, -0.1) is 0 Å². The maximum absolute atomic E-state index is 3.97. The summed E-state index contributed by atoms with van der Waals surface area (Å²) in [4.78, 5) is 3.97. The van der Waals surface area contributed by atoms with Crippen molar-refractivity contribution in [1.29, 1.82) is 0 Å². The molecule has 1 spiro atoms. The fourth-order valence-corrected chi connectivity index (χ4v) is 7.30. The van der Waals surface area contributed by atoms with Crippen LogP contribution in [0.25, 0.3) is 54.8 Å². The zero-order valence-corrected chi connectivity index (χ0v) is 19.5. The van der Waals surface area contributed by atoms with Crippen molar-refractivity contribution in [2.24, 2.45) is 0 Å². The molecule has 0 saturated heterocycles. The summed E-state index contributed by atoms with van der Waals surface area (Å²) in [6.07, 6.45) is 0. The molecule has 1 nitrogen and oxygen atoms in total. The molecule has 0 saturated carbocycles. The average Bonchev–Trinajstić information content (AvgIpc) is 3.57. The van der Waals surface area contributed by atoms with Gasteiger partial charge in [0.15, 0.2) is 0 Å². The predicted molar refractivity (Wildman–Crippen MR) is 150 cm³/mol. The molecule has 0 bridgehead atoms. The SMILES string of the molecule is c1ccc2c(c1)-c1ccccc1C21c2ccccc2-c2ccc3c([nH]c4c5ccccc5ccc34)c21. The van der Waals surface area contributed by atoms with Crippen LogP contribution in [0.5, 0.6) is 0 Å². The maximum atomic E-state index is 3.97. The van der Waals surface area contributed by atoms with E-state index in [1.54, 1.807) is 0 Å². The minimum atomic E-state index is -0.338. The van der Waals surface area contributed by atoms with Gasteiger partial charge in [0.05, 0.1) is 16.4 Å². The minimum Gasteiger partial charge on any atom is -0.354 e. The van der Waals surface area contributed by atoms with Crippen molar-refractivity contribution in [1.82, 2.24) is 4.98 Å². The van der Waals surface area contributed by atoms with Gasteiger partial charge in [0.2, 0.25) is 0 Å². The Labute approximate surface area is 208 Å². The smallest absolute Gasteiger partial charge is 0.0746 e. The molecule has 1 heterocycles. The quantitative estimate of drug-likeness (QED) is 0.235. The highest BCUT2D eigenvalue weighted by Crippen LogP contribution is 2.64. The van der Waals surface area contributed by atoms with Gasteiger partial charge >= 0.3 is 0 Å². The highest BCUT2D eigenvalue weighted by atomic mass is 14.7. The third-order valence-corrected chi connectivity index (χ3v) is 8.62. The molecule has 0 fully saturated rings. The van der Waals surface area contributed by atoms with Crippen LogP contribution in [0.2, 0.25) is 0 Å². The average molecular weight is 456 g/mol. The van der Waals surface area contributed by atoms with E-state index < -0.39 is 0 Å². The second-order valence-corrected chi connectivity index (χ2v) is 10.1. The van der Waals surface area contributed by atoms with E-state index in [0.717, 1.165) is 0 Å². The molecule has 36 heavy (non-hydrogen) atoms. The maximum Gasteiger partial charge on any atom is 0.0746 e. The molecule has 0 aliphatic heterocycles. The fraction of sp³-hybridized carbons (Fsp3) is 0.0286. The number of aromatic nitrogens is 1. The van der Waals surface area contributed by atoms with E-state index in [-0.39, 0.29) is 5.41 Å².